The van der Waals surface area contributed by atoms with Crippen LogP contribution in [0, 0.1) is 12.1 Å². The molecule has 0 bridgehead atoms. The first kappa shape index (κ1) is 26.5. The number of hydrogen-bond acceptors (Lipinski definition) is 5. The number of nitrogens with zero attached hydrogens (tertiary/aromatic N) is 5. The minimum Gasteiger partial charge on any atom is -0.460 e. The van der Waals surface area contributed by atoms with E-state index in [2.05, 4.69) is 70.2 Å². The first-order valence-electron chi connectivity index (χ1n) is 12.4. The normalized spacial score (nSPS) is 10.9. The topological polar surface area (TPSA) is 46.4 Å². The van der Waals surface area contributed by atoms with Gasteiger partial charge in [-0.15, -0.1) is 18.2 Å². The van der Waals surface area contributed by atoms with Crippen LogP contribution in [-0.2, 0) is 21.1 Å². The van der Waals surface area contributed by atoms with Gasteiger partial charge in [0.25, 0.3) is 0 Å². The maximum Gasteiger partial charge on any atom is 2.00 e. The third-order valence-electron chi connectivity index (χ3n) is 6.57. The van der Waals surface area contributed by atoms with Crippen molar-refractivity contribution in [1.29, 1.82) is 0 Å². The van der Waals surface area contributed by atoms with Crippen molar-refractivity contribution in [3.8, 4) is 28.6 Å². The molecule has 0 saturated heterocycles. The Kier molecular flexibility index (Phi) is 7.40. The second-order valence-corrected chi connectivity index (χ2v) is 9.53. The summed E-state index contributed by atoms with van der Waals surface area (Å²) in [5.41, 5.74) is 5.94. The zero-order valence-corrected chi connectivity index (χ0v) is 24.4. The number of aromatic nitrogens is 3. The van der Waals surface area contributed by atoms with Crippen LogP contribution < -0.4 is 14.5 Å². The first-order chi connectivity index (χ1) is 18.5. The van der Waals surface area contributed by atoms with Crippen LogP contribution in [-0.4, -0.2) is 42.7 Å². The van der Waals surface area contributed by atoms with Crippen molar-refractivity contribution in [3.05, 3.63) is 103 Å². The van der Waals surface area contributed by atoms with E-state index >= 15 is 0 Å². The van der Waals surface area contributed by atoms with Gasteiger partial charge in [0.2, 0.25) is 5.88 Å². The van der Waals surface area contributed by atoms with Crippen LogP contribution in [0.3, 0.4) is 0 Å². The van der Waals surface area contributed by atoms with Gasteiger partial charge in [-0.3, -0.25) is 0 Å². The van der Waals surface area contributed by atoms with Gasteiger partial charge >= 0.3 is 21.1 Å². The van der Waals surface area contributed by atoms with E-state index < -0.39 is 0 Å². The molecule has 3 heterocycles. The Morgan fingerprint density at radius 2 is 1.51 bits per heavy atom. The summed E-state index contributed by atoms with van der Waals surface area (Å²) >= 11 is 0. The molecule has 6 nitrogen and oxygen atoms in total. The molecule has 3 aromatic heterocycles. The number of ether oxygens (including phenoxy) is 1. The Morgan fingerprint density at radius 3 is 2.28 bits per heavy atom. The summed E-state index contributed by atoms with van der Waals surface area (Å²) in [7, 11) is 8.01. The van der Waals surface area contributed by atoms with E-state index in [4.69, 9.17) is 9.72 Å². The molecule has 0 N–H and O–H groups in total. The summed E-state index contributed by atoms with van der Waals surface area (Å²) in [5.74, 6) is 1.97. The van der Waals surface area contributed by atoms with Gasteiger partial charge in [-0.05, 0) is 35.2 Å². The van der Waals surface area contributed by atoms with Crippen molar-refractivity contribution in [2.45, 2.75) is 0 Å². The number of fused-ring (bicyclic) bond motifs is 3. The van der Waals surface area contributed by atoms with E-state index in [1.807, 2.05) is 74.5 Å². The van der Waals surface area contributed by atoms with E-state index in [-0.39, 0.29) is 21.1 Å². The number of anilines is 2. The molecule has 7 heteroatoms. The standard InChI is InChI=1S/C32H27N5O.Pt/c1-35(2)24-16-17-33-32(20-24)38-26-9-7-8-22(18-26)23-12-14-28-27-10-5-6-11-29(27)37(30(28)19-23)31-15-13-25(21-34-31)36(3)4;/h5-17,20-21H,1-4H3;/q-2;+2. The first-order valence-corrected chi connectivity index (χ1v) is 12.4. The Labute approximate surface area is 242 Å². The van der Waals surface area contributed by atoms with Gasteiger partial charge in [0.15, 0.2) is 0 Å². The van der Waals surface area contributed by atoms with Crippen molar-refractivity contribution in [3.63, 3.8) is 0 Å². The van der Waals surface area contributed by atoms with Gasteiger partial charge in [0, 0.05) is 57.4 Å². The van der Waals surface area contributed by atoms with Gasteiger partial charge in [-0.25, -0.2) is 21.1 Å². The van der Waals surface area contributed by atoms with E-state index in [0.717, 1.165) is 50.1 Å². The molecule has 0 radical (unpaired) electrons. The molecule has 0 aliphatic rings. The molecule has 0 aliphatic heterocycles. The van der Waals surface area contributed by atoms with Crippen molar-refractivity contribution < 1.29 is 25.8 Å². The summed E-state index contributed by atoms with van der Waals surface area (Å²) < 4.78 is 8.24. The molecule has 6 aromatic rings. The van der Waals surface area contributed by atoms with Crippen molar-refractivity contribution >= 4 is 33.2 Å². The molecule has 6 rings (SSSR count). The average Bonchev–Trinajstić information content (AvgIpc) is 3.27. The smallest absolute Gasteiger partial charge is 0.460 e. The minimum atomic E-state index is 0. The van der Waals surface area contributed by atoms with Crippen molar-refractivity contribution in [1.82, 2.24) is 14.5 Å². The quantitative estimate of drug-likeness (QED) is 0.181. The van der Waals surface area contributed by atoms with Crippen molar-refractivity contribution in [2.75, 3.05) is 38.0 Å². The van der Waals surface area contributed by atoms with Crippen LogP contribution in [0.4, 0.5) is 11.4 Å². The molecule has 39 heavy (non-hydrogen) atoms. The Bertz CT molecular complexity index is 1760. The predicted molar refractivity (Wildman–Crippen MR) is 155 cm³/mol. The molecule has 0 saturated carbocycles. The maximum absolute atomic E-state index is 6.06. The van der Waals surface area contributed by atoms with E-state index in [1.54, 1.807) is 6.20 Å². The van der Waals surface area contributed by atoms with Crippen LogP contribution >= 0.6 is 0 Å². The monoisotopic (exact) mass is 692 g/mol. The van der Waals surface area contributed by atoms with Crippen LogP contribution in [0.15, 0.2) is 91.3 Å². The molecule has 0 aliphatic carbocycles. The maximum atomic E-state index is 6.06. The molecule has 0 unspecified atom stereocenters. The van der Waals surface area contributed by atoms with E-state index in [9.17, 15) is 0 Å². The second kappa shape index (κ2) is 10.9. The molecule has 3 aromatic carbocycles. The minimum absolute atomic E-state index is 0. The molecule has 196 valence electrons. The SMILES string of the molecule is CN(C)c1ccc(-n2c3[c-]c(-c4[c-]c(Oc5cc(N(C)C)ccn5)ccc4)ccc3c3ccccc32)nc1.[Pt+2]. The third kappa shape index (κ3) is 5.12. The summed E-state index contributed by atoms with van der Waals surface area (Å²) in [5, 5.41) is 2.29. The summed E-state index contributed by atoms with van der Waals surface area (Å²) in [6.45, 7) is 0. The Hall–Kier alpha value is -4.15. The van der Waals surface area contributed by atoms with Gasteiger partial charge in [-0.2, -0.15) is 24.3 Å². The predicted octanol–water partition coefficient (Wildman–Crippen LogP) is 6.76. The van der Waals surface area contributed by atoms with E-state index in [1.165, 1.54) is 0 Å². The zero-order valence-electron chi connectivity index (χ0n) is 22.1. The van der Waals surface area contributed by atoms with Crippen molar-refractivity contribution in [2.24, 2.45) is 0 Å². The molecular formula is C32H27N5OPt. The Morgan fingerprint density at radius 1 is 0.718 bits per heavy atom. The third-order valence-corrected chi connectivity index (χ3v) is 6.57. The number of pyridine rings is 2. The van der Waals surface area contributed by atoms with Gasteiger partial charge in [0.05, 0.1) is 11.9 Å². The number of rotatable bonds is 6. The van der Waals surface area contributed by atoms with Crippen LogP contribution in [0.2, 0.25) is 0 Å². The Balaban J connectivity index is 0.00000308. The zero-order chi connectivity index (χ0) is 26.2. The van der Waals surface area contributed by atoms with Gasteiger partial charge < -0.3 is 19.1 Å². The summed E-state index contributed by atoms with van der Waals surface area (Å²) in [4.78, 5) is 13.2. The molecule has 0 amide bonds. The fourth-order valence-electron chi connectivity index (χ4n) is 4.57. The summed E-state index contributed by atoms with van der Waals surface area (Å²) in [6.07, 6.45) is 3.64. The molecule has 0 fully saturated rings. The molecule has 0 atom stereocenters. The van der Waals surface area contributed by atoms with Crippen LogP contribution in [0.25, 0.3) is 38.8 Å². The average molecular weight is 693 g/mol. The van der Waals surface area contributed by atoms with Crippen LogP contribution in [0.1, 0.15) is 0 Å². The molecule has 0 spiro atoms. The number of para-hydroxylation sites is 1. The fourth-order valence-corrected chi connectivity index (χ4v) is 4.57. The van der Waals surface area contributed by atoms with Gasteiger partial charge in [-0.1, -0.05) is 23.6 Å². The van der Waals surface area contributed by atoms with Crippen LogP contribution in [0.5, 0.6) is 11.6 Å². The molecular weight excluding hydrogens is 665 g/mol. The second-order valence-electron chi connectivity index (χ2n) is 9.53. The number of benzene rings is 3. The van der Waals surface area contributed by atoms with E-state index in [0.29, 0.717) is 11.6 Å². The summed E-state index contributed by atoms with van der Waals surface area (Å²) in [6, 6.07) is 33.5. The van der Waals surface area contributed by atoms with Gasteiger partial charge in [0.1, 0.15) is 5.82 Å². The fraction of sp³-hybridized carbons (Fsp3) is 0.125. The largest absolute Gasteiger partial charge is 2.00 e. The number of hydrogen-bond donors (Lipinski definition) is 0.